The van der Waals surface area contributed by atoms with Gasteiger partial charge in [-0.1, -0.05) is 0 Å². The zero-order valence-corrected chi connectivity index (χ0v) is 20.7. The number of carbonyl (C=O) groups is 1. The molecule has 9 nitrogen and oxygen atoms in total. The van der Waals surface area contributed by atoms with Crippen LogP contribution in [-0.2, 0) is 14.6 Å². The molecule has 1 aliphatic heterocycles. The molecule has 0 spiro atoms. The molecule has 0 bridgehead atoms. The normalized spacial score (nSPS) is 17.4. The van der Waals surface area contributed by atoms with Gasteiger partial charge in [-0.3, -0.25) is 14.5 Å². The number of piperidine rings is 1. The third kappa shape index (κ3) is 6.16. The van der Waals surface area contributed by atoms with Gasteiger partial charge in [-0.05, 0) is 80.3 Å². The lowest BCUT2D eigenvalue weighted by molar-refractivity contribution is -0.121. The van der Waals surface area contributed by atoms with Gasteiger partial charge in [-0.25, -0.2) is 17.8 Å². The lowest BCUT2D eigenvalue weighted by atomic mass is 9.91. The van der Waals surface area contributed by atoms with E-state index < -0.39 is 21.4 Å². The summed E-state index contributed by atoms with van der Waals surface area (Å²) >= 11 is 0. The Hall–Kier alpha value is -3.57. The molecule has 11 heteroatoms. The largest absolute Gasteiger partial charge is 0.456 e. The smallest absolute Gasteiger partial charge is 0.266 e. The summed E-state index contributed by atoms with van der Waals surface area (Å²) in [6.07, 6.45) is 5.67. The number of carbonyl (C=O) groups excluding carboxylic acids is 1. The fourth-order valence-electron chi connectivity index (χ4n) is 4.17. The summed E-state index contributed by atoms with van der Waals surface area (Å²) in [4.78, 5) is 33.4. The van der Waals surface area contributed by atoms with Crippen molar-refractivity contribution in [3.8, 4) is 11.5 Å². The molecule has 1 fully saturated rings. The van der Waals surface area contributed by atoms with Gasteiger partial charge in [0, 0.05) is 19.0 Å². The molecule has 2 atom stereocenters. The van der Waals surface area contributed by atoms with Crippen LogP contribution in [0.2, 0.25) is 0 Å². The highest BCUT2D eigenvalue weighted by molar-refractivity contribution is 7.90. The van der Waals surface area contributed by atoms with Crippen molar-refractivity contribution in [1.29, 1.82) is 0 Å². The van der Waals surface area contributed by atoms with Crippen LogP contribution in [0.25, 0.3) is 0 Å². The van der Waals surface area contributed by atoms with Gasteiger partial charge in [-0.15, -0.1) is 0 Å². The standard InChI is InChI=1S/C25H27FN4O5S/c1-16(24(31)29-23-10-9-21(14-27-23)35-20-7-5-19(26)6-8-20)30-11-3-4-17(15-30)18-12-22(36(2,33)34)25(32)28-13-18/h5-10,12-14,16-17H,3-4,11,15H2,1-2H3,(H,28,32)(H,27,29,31)/t16-,17+/m0/s1. The molecule has 2 N–H and O–H groups in total. The van der Waals surface area contributed by atoms with Crippen LogP contribution in [0.3, 0.4) is 0 Å². The van der Waals surface area contributed by atoms with E-state index >= 15 is 0 Å². The van der Waals surface area contributed by atoms with E-state index in [9.17, 15) is 22.4 Å². The fraction of sp³-hybridized carbons (Fsp3) is 0.320. The first-order valence-corrected chi connectivity index (χ1v) is 13.4. The number of hydrogen-bond donors (Lipinski definition) is 2. The van der Waals surface area contributed by atoms with E-state index in [-0.39, 0.29) is 22.5 Å². The molecule has 2 aromatic heterocycles. The predicted molar refractivity (Wildman–Crippen MR) is 133 cm³/mol. The van der Waals surface area contributed by atoms with Crippen LogP contribution in [-0.4, -0.2) is 54.6 Å². The van der Waals surface area contributed by atoms with Crippen LogP contribution >= 0.6 is 0 Å². The molecule has 1 saturated heterocycles. The Kier molecular flexibility index (Phi) is 7.51. The third-order valence-electron chi connectivity index (χ3n) is 6.18. The van der Waals surface area contributed by atoms with E-state index in [1.807, 2.05) is 4.90 Å². The summed E-state index contributed by atoms with van der Waals surface area (Å²) in [6, 6.07) is 9.87. The molecule has 1 aliphatic rings. The average molecular weight is 515 g/mol. The van der Waals surface area contributed by atoms with E-state index in [0.29, 0.717) is 30.4 Å². The molecule has 1 aromatic carbocycles. The van der Waals surface area contributed by atoms with Gasteiger partial charge in [-0.2, -0.15) is 0 Å². The number of benzene rings is 1. The minimum Gasteiger partial charge on any atom is -0.456 e. The van der Waals surface area contributed by atoms with Crippen LogP contribution in [0.5, 0.6) is 11.5 Å². The first-order chi connectivity index (χ1) is 17.1. The summed E-state index contributed by atoms with van der Waals surface area (Å²) < 4.78 is 42.5. The Morgan fingerprint density at radius 2 is 1.94 bits per heavy atom. The molecular weight excluding hydrogens is 487 g/mol. The Bertz CT molecular complexity index is 1390. The molecule has 4 rings (SSSR count). The third-order valence-corrected chi connectivity index (χ3v) is 7.28. The number of amides is 1. The van der Waals surface area contributed by atoms with Gasteiger partial charge >= 0.3 is 0 Å². The summed E-state index contributed by atoms with van der Waals surface area (Å²) in [5.74, 6) is 0.673. The maximum absolute atomic E-state index is 13.0. The molecule has 3 heterocycles. The lowest BCUT2D eigenvalue weighted by Crippen LogP contribution is -2.46. The van der Waals surface area contributed by atoms with Crippen molar-refractivity contribution in [2.24, 2.45) is 0 Å². The number of nitrogens with zero attached hydrogens (tertiary/aromatic N) is 2. The summed E-state index contributed by atoms with van der Waals surface area (Å²) in [6.45, 7) is 3.06. The van der Waals surface area contributed by atoms with Gasteiger partial charge in [0.25, 0.3) is 5.56 Å². The molecule has 36 heavy (non-hydrogen) atoms. The number of halogens is 1. The molecule has 0 unspecified atom stereocenters. The van der Waals surface area contributed by atoms with Crippen molar-refractivity contribution in [1.82, 2.24) is 14.9 Å². The Balaban J connectivity index is 1.38. The number of pyridine rings is 2. The summed E-state index contributed by atoms with van der Waals surface area (Å²) in [5.41, 5.74) is 0.0917. The molecule has 0 saturated carbocycles. The van der Waals surface area contributed by atoms with Crippen LogP contribution in [0.4, 0.5) is 10.2 Å². The number of aromatic amines is 1. The summed E-state index contributed by atoms with van der Waals surface area (Å²) in [7, 11) is -3.65. The first kappa shape index (κ1) is 25.5. The quantitative estimate of drug-likeness (QED) is 0.496. The van der Waals surface area contributed by atoms with Crippen LogP contribution in [0.1, 0.15) is 31.2 Å². The Labute approximate surface area is 208 Å². The molecule has 190 valence electrons. The molecule has 3 aromatic rings. The van der Waals surface area contributed by atoms with Crippen molar-refractivity contribution < 1.29 is 22.3 Å². The van der Waals surface area contributed by atoms with Crippen molar-refractivity contribution in [3.63, 3.8) is 0 Å². The second-order valence-electron chi connectivity index (χ2n) is 8.83. The second kappa shape index (κ2) is 10.6. The number of hydrogen-bond acceptors (Lipinski definition) is 7. The number of H-pyrrole nitrogens is 1. The van der Waals surface area contributed by atoms with E-state index in [1.165, 1.54) is 36.5 Å². The maximum atomic E-state index is 13.0. The highest BCUT2D eigenvalue weighted by Gasteiger charge is 2.29. The first-order valence-electron chi connectivity index (χ1n) is 11.5. The van der Waals surface area contributed by atoms with Gasteiger partial charge in [0.1, 0.15) is 28.0 Å². The van der Waals surface area contributed by atoms with E-state index in [4.69, 9.17) is 4.74 Å². The topological polar surface area (TPSA) is 121 Å². The minimum atomic E-state index is -3.65. The average Bonchev–Trinajstić information content (AvgIpc) is 2.86. The minimum absolute atomic E-state index is 0.0210. The zero-order valence-electron chi connectivity index (χ0n) is 19.9. The molecular formula is C25H27FN4O5S. The van der Waals surface area contributed by atoms with Crippen molar-refractivity contribution in [3.05, 3.63) is 76.6 Å². The van der Waals surface area contributed by atoms with Gasteiger partial charge in [0.05, 0.1) is 12.2 Å². The number of ether oxygens (including phenoxy) is 1. The van der Waals surface area contributed by atoms with Crippen molar-refractivity contribution >= 4 is 21.6 Å². The predicted octanol–water partition coefficient (Wildman–Crippen LogP) is 3.31. The molecule has 1 amide bonds. The highest BCUT2D eigenvalue weighted by Crippen LogP contribution is 2.28. The molecule has 0 radical (unpaired) electrons. The number of rotatable bonds is 7. The van der Waals surface area contributed by atoms with Crippen molar-refractivity contribution in [2.75, 3.05) is 24.7 Å². The van der Waals surface area contributed by atoms with E-state index in [1.54, 1.807) is 25.3 Å². The summed E-state index contributed by atoms with van der Waals surface area (Å²) in [5, 5.41) is 2.80. The fourth-order valence-corrected chi connectivity index (χ4v) is 4.92. The number of sulfone groups is 1. The Morgan fingerprint density at radius 3 is 2.61 bits per heavy atom. The van der Waals surface area contributed by atoms with Crippen molar-refractivity contribution in [2.45, 2.75) is 36.6 Å². The zero-order chi connectivity index (χ0) is 25.9. The lowest BCUT2D eigenvalue weighted by Gasteiger charge is -2.36. The number of likely N-dealkylation sites (tertiary alicyclic amines) is 1. The highest BCUT2D eigenvalue weighted by atomic mass is 32.2. The van der Waals surface area contributed by atoms with Crippen LogP contribution < -0.4 is 15.6 Å². The maximum Gasteiger partial charge on any atom is 0.266 e. The molecule has 0 aliphatic carbocycles. The number of anilines is 1. The van der Waals surface area contributed by atoms with Gasteiger partial charge in [0.2, 0.25) is 5.91 Å². The number of nitrogens with one attached hydrogen (secondary N) is 2. The van der Waals surface area contributed by atoms with Crippen LogP contribution in [0.15, 0.2) is 64.5 Å². The SMILES string of the molecule is C[C@@H](C(=O)Nc1ccc(Oc2ccc(F)cc2)cn1)N1CCC[C@@H](c2c[nH]c(=O)c(S(C)(=O)=O)c2)C1. The number of aromatic nitrogens is 2. The van der Waals surface area contributed by atoms with Gasteiger partial charge < -0.3 is 15.0 Å². The monoisotopic (exact) mass is 514 g/mol. The van der Waals surface area contributed by atoms with Crippen LogP contribution in [0, 0.1) is 5.82 Å². The second-order valence-corrected chi connectivity index (χ2v) is 10.8. The Morgan fingerprint density at radius 1 is 1.22 bits per heavy atom. The van der Waals surface area contributed by atoms with E-state index in [0.717, 1.165) is 24.7 Å². The van der Waals surface area contributed by atoms with Gasteiger partial charge in [0.15, 0.2) is 9.84 Å². The van der Waals surface area contributed by atoms with E-state index in [2.05, 4.69) is 15.3 Å².